The lowest BCUT2D eigenvalue weighted by atomic mass is 10.0. The van der Waals surface area contributed by atoms with Crippen LogP contribution in [0.5, 0.6) is 11.5 Å². The maximum absolute atomic E-state index is 14.1. The van der Waals surface area contributed by atoms with Crippen LogP contribution in [0.3, 0.4) is 0 Å². The van der Waals surface area contributed by atoms with Crippen LogP contribution in [0.1, 0.15) is 23.6 Å². The van der Waals surface area contributed by atoms with Crippen LogP contribution in [0, 0.1) is 17.1 Å². The molecule has 3 aromatic rings. The number of rotatable bonds is 7. The van der Waals surface area contributed by atoms with Gasteiger partial charge in [-0.05, 0) is 54.5 Å². The molecule has 0 saturated carbocycles. The third-order valence-electron chi connectivity index (χ3n) is 4.29. The molecule has 3 nitrogen and oxygen atoms in total. The predicted molar refractivity (Wildman–Crippen MR) is 123 cm³/mol. The topological polar surface area (TPSA) is 42.2 Å². The zero-order valence-corrected chi connectivity index (χ0v) is 18.7. The van der Waals surface area contributed by atoms with Gasteiger partial charge >= 0.3 is 0 Å². The van der Waals surface area contributed by atoms with Crippen molar-refractivity contribution in [3.8, 4) is 17.6 Å². The van der Waals surface area contributed by atoms with Crippen molar-refractivity contribution in [2.24, 2.45) is 0 Å². The molecule has 3 aromatic carbocycles. The first-order valence-corrected chi connectivity index (χ1v) is 10.5. The van der Waals surface area contributed by atoms with Gasteiger partial charge in [-0.15, -0.1) is 0 Å². The molecule has 158 valence electrons. The molecule has 3 rings (SSSR count). The molecule has 31 heavy (non-hydrogen) atoms. The summed E-state index contributed by atoms with van der Waals surface area (Å²) in [6.45, 7) is 2.41. The molecule has 0 saturated heterocycles. The molecular weight excluding hydrogens is 460 g/mol. The smallest absolute Gasteiger partial charge is 0.180 e. The summed E-state index contributed by atoms with van der Waals surface area (Å²) in [7, 11) is 0. The van der Waals surface area contributed by atoms with Crippen molar-refractivity contribution < 1.29 is 13.9 Å². The minimum absolute atomic E-state index is 0.168. The van der Waals surface area contributed by atoms with E-state index in [1.807, 2.05) is 13.0 Å². The van der Waals surface area contributed by atoms with Crippen molar-refractivity contribution >= 4 is 46.5 Å². The average Bonchev–Trinajstić information content (AvgIpc) is 2.74. The lowest BCUT2D eigenvalue weighted by Crippen LogP contribution is -2.01. The van der Waals surface area contributed by atoms with Gasteiger partial charge in [-0.2, -0.15) is 5.26 Å². The average molecular weight is 477 g/mol. The molecule has 0 unspecified atom stereocenters. The number of nitriles is 1. The Bertz CT molecular complexity index is 1170. The van der Waals surface area contributed by atoms with Crippen LogP contribution in [0.15, 0.2) is 54.6 Å². The van der Waals surface area contributed by atoms with E-state index in [4.69, 9.17) is 44.3 Å². The van der Waals surface area contributed by atoms with E-state index in [1.54, 1.807) is 54.6 Å². The highest BCUT2D eigenvalue weighted by atomic mass is 35.5. The van der Waals surface area contributed by atoms with E-state index in [1.165, 1.54) is 6.07 Å². The third-order valence-corrected chi connectivity index (χ3v) is 5.31. The first-order valence-electron chi connectivity index (χ1n) is 9.32. The molecule has 7 heteroatoms. The maximum Gasteiger partial charge on any atom is 0.180 e. The Kier molecular flexibility index (Phi) is 7.81. The molecule has 0 radical (unpaired) electrons. The Morgan fingerprint density at radius 3 is 2.45 bits per heavy atom. The summed E-state index contributed by atoms with van der Waals surface area (Å²) in [6, 6.07) is 16.6. The summed E-state index contributed by atoms with van der Waals surface area (Å²) in [5.74, 6) is 0.288. The van der Waals surface area contributed by atoms with Gasteiger partial charge in [0.1, 0.15) is 12.4 Å². The van der Waals surface area contributed by atoms with Crippen molar-refractivity contribution in [1.82, 2.24) is 0 Å². The molecule has 0 aliphatic rings. The van der Waals surface area contributed by atoms with E-state index in [2.05, 4.69) is 0 Å². The fraction of sp³-hybridized carbons (Fsp3) is 0.125. The second-order valence-electron chi connectivity index (χ2n) is 6.45. The first-order chi connectivity index (χ1) is 14.9. The van der Waals surface area contributed by atoms with Crippen LogP contribution >= 0.6 is 34.8 Å². The van der Waals surface area contributed by atoms with Gasteiger partial charge in [0, 0.05) is 5.56 Å². The molecule has 0 heterocycles. The standard InChI is InChI=1S/C24H17Cl3FNO2/c1-2-30-23-12-16(9-17(13-29)18-5-3-4-6-22(18)28)11-21(27)24(23)31-14-15-7-8-19(25)20(26)10-15/h3-12H,2,14H2,1H3/b17-9-. The Hall–Kier alpha value is -2.71. The highest BCUT2D eigenvalue weighted by Crippen LogP contribution is 2.38. The monoisotopic (exact) mass is 475 g/mol. The highest BCUT2D eigenvalue weighted by Gasteiger charge is 2.14. The van der Waals surface area contributed by atoms with Gasteiger partial charge in [0.2, 0.25) is 0 Å². The summed E-state index contributed by atoms with van der Waals surface area (Å²) >= 11 is 18.5. The summed E-state index contributed by atoms with van der Waals surface area (Å²) in [5.41, 5.74) is 1.76. The summed E-state index contributed by atoms with van der Waals surface area (Å²) < 4.78 is 25.7. The second kappa shape index (κ2) is 10.5. The third kappa shape index (κ3) is 5.71. The molecular formula is C24H17Cl3FNO2. The number of nitrogens with zero attached hydrogens (tertiary/aromatic N) is 1. The number of hydrogen-bond acceptors (Lipinski definition) is 3. The molecule has 0 aliphatic heterocycles. The Morgan fingerprint density at radius 1 is 1.00 bits per heavy atom. The quantitative estimate of drug-likeness (QED) is 0.258. The fourth-order valence-corrected chi connectivity index (χ4v) is 3.47. The Morgan fingerprint density at radius 2 is 1.77 bits per heavy atom. The van der Waals surface area contributed by atoms with Gasteiger partial charge < -0.3 is 9.47 Å². The summed E-state index contributed by atoms with van der Waals surface area (Å²) in [5, 5.41) is 10.7. The molecule has 0 bridgehead atoms. The van der Waals surface area contributed by atoms with E-state index in [9.17, 15) is 9.65 Å². The molecule has 0 spiro atoms. The minimum atomic E-state index is -0.479. The van der Waals surface area contributed by atoms with Crippen molar-refractivity contribution in [3.05, 3.63) is 92.2 Å². The number of halogens is 4. The lowest BCUT2D eigenvalue weighted by Gasteiger charge is -2.15. The lowest BCUT2D eigenvalue weighted by molar-refractivity contribution is 0.269. The van der Waals surface area contributed by atoms with Crippen molar-refractivity contribution in [2.45, 2.75) is 13.5 Å². The van der Waals surface area contributed by atoms with Gasteiger partial charge in [-0.25, -0.2) is 4.39 Å². The van der Waals surface area contributed by atoms with Crippen LogP contribution < -0.4 is 9.47 Å². The molecule has 0 N–H and O–H groups in total. The van der Waals surface area contributed by atoms with Crippen LogP contribution in [0.25, 0.3) is 11.6 Å². The highest BCUT2D eigenvalue weighted by molar-refractivity contribution is 6.42. The Balaban J connectivity index is 1.93. The van der Waals surface area contributed by atoms with E-state index < -0.39 is 5.82 Å². The normalized spacial score (nSPS) is 11.2. The largest absolute Gasteiger partial charge is 0.490 e. The number of benzene rings is 3. The molecule has 0 aliphatic carbocycles. The molecule has 0 fully saturated rings. The van der Waals surface area contributed by atoms with Crippen molar-refractivity contribution in [1.29, 1.82) is 5.26 Å². The van der Waals surface area contributed by atoms with E-state index in [0.29, 0.717) is 38.7 Å². The van der Waals surface area contributed by atoms with Gasteiger partial charge in [-0.3, -0.25) is 0 Å². The predicted octanol–water partition coefficient (Wildman–Crippen LogP) is 7.83. The van der Waals surface area contributed by atoms with Gasteiger partial charge in [0.15, 0.2) is 11.5 Å². The zero-order chi connectivity index (χ0) is 22.4. The molecule has 0 atom stereocenters. The number of ether oxygens (including phenoxy) is 2. The van der Waals surface area contributed by atoms with Crippen LogP contribution in [-0.2, 0) is 6.61 Å². The van der Waals surface area contributed by atoms with Crippen LogP contribution in [0.4, 0.5) is 4.39 Å². The van der Waals surface area contributed by atoms with E-state index in [0.717, 1.165) is 5.56 Å². The van der Waals surface area contributed by atoms with Gasteiger partial charge in [0.25, 0.3) is 0 Å². The van der Waals surface area contributed by atoms with Crippen LogP contribution in [-0.4, -0.2) is 6.61 Å². The Labute approximate surface area is 195 Å². The van der Waals surface area contributed by atoms with Crippen LogP contribution in [0.2, 0.25) is 15.1 Å². The maximum atomic E-state index is 14.1. The first kappa shape index (κ1) is 23.0. The van der Waals surface area contributed by atoms with Gasteiger partial charge in [0.05, 0.1) is 33.3 Å². The van der Waals surface area contributed by atoms with E-state index in [-0.39, 0.29) is 17.7 Å². The summed E-state index contributed by atoms with van der Waals surface area (Å²) in [6.07, 6.45) is 1.55. The molecule has 0 amide bonds. The van der Waals surface area contributed by atoms with E-state index >= 15 is 0 Å². The fourth-order valence-electron chi connectivity index (χ4n) is 2.88. The second-order valence-corrected chi connectivity index (χ2v) is 7.67. The minimum Gasteiger partial charge on any atom is -0.490 e. The molecule has 0 aromatic heterocycles. The SMILES string of the molecule is CCOc1cc(/C=C(/C#N)c2ccccc2F)cc(Cl)c1OCc1ccc(Cl)c(Cl)c1. The summed E-state index contributed by atoms with van der Waals surface area (Å²) in [4.78, 5) is 0. The van der Waals surface area contributed by atoms with Crippen molar-refractivity contribution in [3.63, 3.8) is 0 Å². The van der Waals surface area contributed by atoms with Gasteiger partial charge in [-0.1, -0.05) is 59.1 Å². The number of hydrogen-bond donors (Lipinski definition) is 0. The zero-order valence-electron chi connectivity index (χ0n) is 16.5. The number of allylic oxidation sites excluding steroid dienone is 1. The van der Waals surface area contributed by atoms with Crippen molar-refractivity contribution in [2.75, 3.05) is 6.61 Å².